The van der Waals surface area contributed by atoms with Gasteiger partial charge < -0.3 is 9.88 Å². The normalized spacial score (nSPS) is 23.0. The first kappa shape index (κ1) is 16.1. The zero-order chi connectivity index (χ0) is 15.5. The van der Waals surface area contributed by atoms with Crippen molar-refractivity contribution in [2.75, 3.05) is 0 Å². The molecule has 1 aliphatic rings. The monoisotopic (exact) mass is 287 g/mol. The topological polar surface area (TPSA) is 40.8 Å². The van der Waals surface area contributed by atoms with Crippen molar-refractivity contribution in [1.29, 1.82) is 5.26 Å². The van der Waals surface area contributed by atoms with E-state index in [0.29, 0.717) is 11.5 Å². The summed E-state index contributed by atoms with van der Waals surface area (Å²) in [7, 11) is 1.93. The Morgan fingerprint density at radius 2 is 2.00 bits per heavy atom. The van der Waals surface area contributed by atoms with Gasteiger partial charge in [-0.15, -0.1) is 0 Å². The summed E-state index contributed by atoms with van der Waals surface area (Å²) >= 11 is 0. The van der Waals surface area contributed by atoms with Crippen molar-refractivity contribution >= 4 is 0 Å². The summed E-state index contributed by atoms with van der Waals surface area (Å²) in [5.41, 5.74) is 2.44. The van der Waals surface area contributed by atoms with E-state index in [0.717, 1.165) is 18.2 Å². The molecule has 1 saturated carbocycles. The van der Waals surface area contributed by atoms with E-state index >= 15 is 0 Å². The van der Waals surface area contributed by atoms with Gasteiger partial charge >= 0.3 is 0 Å². The molecule has 2 rings (SSSR count). The maximum Gasteiger partial charge on any atom is 0.120 e. The van der Waals surface area contributed by atoms with Gasteiger partial charge in [-0.1, -0.05) is 27.2 Å². The predicted molar refractivity (Wildman–Crippen MR) is 86.8 cm³/mol. The highest BCUT2D eigenvalue weighted by atomic mass is 15.0. The van der Waals surface area contributed by atoms with Gasteiger partial charge in [-0.2, -0.15) is 5.26 Å². The molecule has 0 aliphatic heterocycles. The van der Waals surface area contributed by atoms with Gasteiger partial charge in [-0.3, -0.25) is 0 Å². The van der Waals surface area contributed by atoms with Crippen molar-refractivity contribution in [3.63, 3.8) is 0 Å². The minimum absolute atomic E-state index is 0.492. The molecule has 21 heavy (non-hydrogen) atoms. The fraction of sp³-hybridized carbons (Fsp3) is 0.722. The van der Waals surface area contributed by atoms with Gasteiger partial charge in [0, 0.05) is 25.8 Å². The smallest absolute Gasteiger partial charge is 0.120 e. The van der Waals surface area contributed by atoms with E-state index in [1.807, 2.05) is 17.7 Å². The molecule has 0 radical (unpaired) electrons. The van der Waals surface area contributed by atoms with Crippen molar-refractivity contribution in [1.82, 2.24) is 9.88 Å². The van der Waals surface area contributed by atoms with Crippen molar-refractivity contribution in [2.24, 2.45) is 18.4 Å². The number of nitriles is 1. The average molecular weight is 287 g/mol. The van der Waals surface area contributed by atoms with Gasteiger partial charge in [0.2, 0.25) is 0 Å². The highest BCUT2D eigenvalue weighted by molar-refractivity contribution is 5.28. The van der Waals surface area contributed by atoms with Crippen LogP contribution in [0.15, 0.2) is 12.3 Å². The molecule has 116 valence electrons. The molecule has 3 nitrogen and oxygen atoms in total. The number of aromatic nitrogens is 1. The summed E-state index contributed by atoms with van der Waals surface area (Å²) in [5, 5.41) is 12.7. The van der Waals surface area contributed by atoms with Crippen LogP contribution >= 0.6 is 0 Å². The molecule has 0 amide bonds. The van der Waals surface area contributed by atoms with E-state index in [-0.39, 0.29) is 0 Å². The molecular weight excluding hydrogens is 258 g/mol. The van der Waals surface area contributed by atoms with E-state index in [4.69, 9.17) is 5.26 Å². The summed E-state index contributed by atoms with van der Waals surface area (Å²) in [5.74, 6) is 0.877. The van der Waals surface area contributed by atoms with Crippen molar-refractivity contribution in [2.45, 2.75) is 65.5 Å². The molecule has 3 heteroatoms. The van der Waals surface area contributed by atoms with Crippen LogP contribution in [0.3, 0.4) is 0 Å². The third-order valence-corrected chi connectivity index (χ3v) is 5.51. The summed E-state index contributed by atoms with van der Waals surface area (Å²) in [6.45, 7) is 8.02. The standard InChI is InChI=1S/C18H29N3/c1-5-18(2,3)15-6-8-16(9-7-15)20-12-14-10-17(11-19)21(4)13-14/h10,13,15-16,20H,5-9,12H2,1-4H3. The number of rotatable bonds is 5. The second-order valence-corrected chi connectivity index (χ2v) is 7.23. The molecule has 0 aromatic carbocycles. The summed E-state index contributed by atoms with van der Waals surface area (Å²) < 4.78 is 1.90. The van der Waals surface area contributed by atoms with E-state index in [1.165, 1.54) is 37.7 Å². The molecule has 1 aromatic heterocycles. The average Bonchev–Trinajstić information content (AvgIpc) is 2.86. The number of hydrogen-bond donors (Lipinski definition) is 1. The summed E-state index contributed by atoms with van der Waals surface area (Å²) in [6.07, 6.45) is 8.58. The molecular formula is C18H29N3. The Bertz CT molecular complexity index is 499. The highest BCUT2D eigenvalue weighted by Gasteiger charge is 2.31. The van der Waals surface area contributed by atoms with Gasteiger partial charge in [0.15, 0.2) is 0 Å². The van der Waals surface area contributed by atoms with Gasteiger partial charge in [0.05, 0.1) is 0 Å². The summed E-state index contributed by atoms with van der Waals surface area (Å²) in [6, 6.07) is 4.84. The molecule has 1 aliphatic carbocycles. The minimum atomic E-state index is 0.492. The van der Waals surface area contributed by atoms with Gasteiger partial charge in [0.25, 0.3) is 0 Å². The third kappa shape index (κ3) is 3.89. The largest absolute Gasteiger partial charge is 0.342 e. The first-order valence-corrected chi connectivity index (χ1v) is 8.25. The number of aryl methyl sites for hydroxylation is 1. The predicted octanol–water partition coefficient (Wildman–Crippen LogP) is 3.98. The lowest BCUT2D eigenvalue weighted by Crippen LogP contribution is -2.36. The molecule has 1 fully saturated rings. The Hall–Kier alpha value is -1.27. The molecule has 0 bridgehead atoms. The van der Waals surface area contributed by atoms with Crippen LogP contribution in [0.5, 0.6) is 0 Å². The Kier molecular flexibility index (Phi) is 5.11. The van der Waals surface area contributed by atoms with Gasteiger partial charge in [-0.25, -0.2) is 0 Å². The zero-order valence-corrected chi connectivity index (χ0v) is 13.9. The highest BCUT2D eigenvalue weighted by Crippen LogP contribution is 2.40. The second kappa shape index (κ2) is 6.66. The Morgan fingerprint density at radius 1 is 1.33 bits per heavy atom. The SMILES string of the molecule is CCC(C)(C)C1CCC(NCc2cc(C#N)n(C)c2)CC1. The Morgan fingerprint density at radius 3 is 2.52 bits per heavy atom. The van der Waals surface area contributed by atoms with Crippen LogP contribution in [0.1, 0.15) is 64.1 Å². The second-order valence-electron chi connectivity index (χ2n) is 7.23. The maximum absolute atomic E-state index is 8.99. The Balaban J connectivity index is 1.80. The van der Waals surface area contributed by atoms with E-state index in [2.05, 4.69) is 38.4 Å². The van der Waals surface area contributed by atoms with E-state index in [9.17, 15) is 0 Å². The Labute approximate surface area is 129 Å². The molecule has 0 atom stereocenters. The number of hydrogen-bond acceptors (Lipinski definition) is 2. The van der Waals surface area contributed by atoms with Crippen molar-refractivity contribution < 1.29 is 0 Å². The quantitative estimate of drug-likeness (QED) is 0.890. The molecule has 0 spiro atoms. The number of nitrogens with one attached hydrogen (secondary N) is 1. The molecule has 0 unspecified atom stereocenters. The van der Waals surface area contributed by atoms with Crippen LogP contribution in [0.2, 0.25) is 0 Å². The first-order chi connectivity index (χ1) is 9.96. The minimum Gasteiger partial charge on any atom is -0.342 e. The van der Waals surface area contributed by atoms with E-state index in [1.54, 1.807) is 0 Å². The van der Waals surface area contributed by atoms with Crippen LogP contribution in [0.4, 0.5) is 0 Å². The lowest BCUT2D eigenvalue weighted by atomic mass is 9.69. The van der Waals surface area contributed by atoms with Crippen LogP contribution < -0.4 is 5.32 Å². The van der Waals surface area contributed by atoms with Crippen molar-refractivity contribution in [3.05, 3.63) is 23.5 Å². The van der Waals surface area contributed by atoms with Crippen molar-refractivity contribution in [3.8, 4) is 6.07 Å². The molecule has 1 aromatic rings. The van der Waals surface area contributed by atoms with Crippen LogP contribution in [-0.4, -0.2) is 10.6 Å². The van der Waals surface area contributed by atoms with Gasteiger partial charge in [-0.05, 0) is 48.6 Å². The fourth-order valence-electron chi connectivity index (χ4n) is 3.47. The lowest BCUT2D eigenvalue weighted by molar-refractivity contribution is 0.137. The fourth-order valence-corrected chi connectivity index (χ4v) is 3.47. The third-order valence-electron chi connectivity index (χ3n) is 5.51. The summed E-state index contributed by atoms with van der Waals surface area (Å²) in [4.78, 5) is 0. The van der Waals surface area contributed by atoms with Crippen LogP contribution in [0.25, 0.3) is 0 Å². The van der Waals surface area contributed by atoms with E-state index < -0.39 is 0 Å². The van der Waals surface area contributed by atoms with Gasteiger partial charge in [0.1, 0.15) is 11.8 Å². The van der Waals surface area contributed by atoms with Crippen LogP contribution in [0, 0.1) is 22.7 Å². The molecule has 1 N–H and O–H groups in total. The van der Waals surface area contributed by atoms with Crippen LogP contribution in [-0.2, 0) is 13.6 Å². The number of nitrogens with zero attached hydrogens (tertiary/aromatic N) is 2. The molecule has 1 heterocycles. The maximum atomic E-state index is 8.99. The first-order valence-electron chi connectivity index (χ1n) is 8.25. The lowest BCUT2D eigenvalue weighted by Gasteiger charge is -2.39. The molecule has 0 saturated heterocycles. The zero-order valence-electron chi connectivity index (χ0n) is 13.9.